The molecule has 3 nitrogen and oxygen atoms in total. The molecule has 86 valence electrons. The van der Waals surface area contributed by atoms with Crippen LogP contribution in [-0.4, -0.2) is 17.2 Å². The van der Waals surface area contributed by atoms with Gasteiger partial charge >= 0.3 is 5.97 Å². The summed E-state index contributed by atoms with van der Waals surface area (Å²) in [4.78, 5) is 10.2. The summed E-state index contributed by atoms with van der Waals surface area (Å²) in [5.74, 6) is -0.233. The van der Waals surface area contributed by atoms with Gasteiger partial charge in [-0.05, 0) is 25.1 Å². The number of ether oxygens (including phenoxy) is 1. The van der Waals surface area contributed by atoms with E-state index in [1.54, 1.807) is 6.92 Å². The van der Waals surface area contributed by atoms with Crippen molar-refractivity contribution in [1.29, 1.82) is 0 Å². The Morgan fingerprint density at radius 2 is 1.94 bits per heavy atom. The molecule has 1 rings (SSSR count). The molecule has 0 amide bonds. The zero-order chi connectivity index (χ0) is 12.4. The average molecular weight is 220 g/mol. The summed E-state index contributed by atoms with van der Waals surface area (Å²) in [5.41, 5.74) is 0. The molecule has 0 aliphatic carbocycles. The molecule has 1 aromatic rings. The number of benzene rings is 1. The third-order valence-electron chi connectivity index (χ3n) is 1.57. The number of aliphatic carboxylic acids is 1. The van der Waals surface area contributed by atoms with E-state index in [9.17, 15) is 4.79 Å². The molecule has 1 aromatic carbocycles. The normalized spacial score (nSPS) is 11.3. The fraction of sp³-hybridized carbons (Fsp3) is 0.154. The maximum atomic E-state index is 10.2. The first-order valence-corrected chi connectivity index (χ1v) is 4.81. The lowest BCUT2D eigenvalue weighted by Crippen LogP contribution is -2.08. The minimum Gasteiger partial charge on any atom is -0.487 e. The van der Waals surface area contributed by atoms with E-state index in [4.69, 9.17) is 9.84 Å². The average Bonchev–Trinajstić information content (AvgIpc) is 2.30. The fourth-order valence-corrected chi connectivity index (χ4v) is 0.971. The van der Waals surface area contributed by atoms with Crippen LogP contribution in [0.5, 0.6) is 5.75 Å². The third-order valence-corrected chi connectivity index (χ3v) is 1.57. The Morgan fingerprint density at radius 3 is 2.44 bits per heavy atom. The van der Waals surface area contributed by atoms with E-state index >= 15 is 0 Å². The number of carboxylic acid groups (broad SMARTS) is 1. The lowest BCUT2D eigenvalue weighted by atomic mass is 10.3. The van der Waals surface area contributed by atoms with Crippen molar-refractivity contribution in [3.63, 3.8) is 0 Å². The number of hydrogen-bond acceptors (Lipinski definition) is 2. The third kappa shape index (κ3) is 6.43. The Bertz CT molecular complexity index is 330. The number of rotatable bonds is 4. The minimum absolute atomic E-state index is 0.242. The SMILES string of the molecule is C=C.CC(C=CC(=O)O)Oc1ccccc1. The molecule has 0 saturated heterocycles. The summed E-state index contributed by atoms with van der Waals surface area (Å²) in [6.07, 6.45) is 2.33. The van der Waals surface area contributed by atoms with Crippen molar-refractivity contribution in [1.82, 2.24) is 0 Å². The van der Waals surface area contributed by atoms with E-state index in [1.165, 1.54) is 6.08 Å². The van der Waals surface area contributed by atoms with Gasteiger partial charge in [0.2, 0.25) is 0 Å². The van der Waals surface area contributed by atoms with Crippen molar-refractivity contribution >= 4 is 5.97 Å². The number of hydrogen-bond donors (Lipinski definition) is 1. The molecule has 0 aliphatic heterocycles. The molecule has 0 fully saturated rings. The summed E-state index contributed by atoms with van der Waals surface area (Å²) in [6, 6.07) is 9.27. The van der Waals surface area contributed by atoms with Crippen molar-refractivity contribution in [2.45, 2.75) is 13.0 Å². The molecule has 0 aromatic heterocycles. The quantitative estimate of drug-likeness (QED) is 0.627. The highest BCUT2D eigenvalue weighted by molar-refractivity contribution is 5.79. The van der Waals surface area contributed by atoms with Gasteiger partial charge in [0.25, 0.3) is 0 Å². The Kier molecular flexibility index (Phi) is 7.24. The van der Waals surface area contributed by atoms with Crippen LogP contribution < -0.4 is 4.74 Å². The van der Waals surface area contributed by atoms with Gasteiger partial charge in [0, 0.05) is 6.08 Å². The molecular formula is C13H16O3. The smallest absolute Gasteiger partial charge is 0.328 e. The Morgan fingerprint density at radius 1 is 1.38 bits per heavy atom. The van der Waals surface area contributed by atoms with E-state index in [2.05, 4.69) is 13.2 Å². The van der Waals surface area contributed by atoms with Gasteiger partial charge in [0.05, 0.1) is 0 Å². The van der Waals surface area contributed by atoms with Gasteiger partial charge < -0.3 is 9.84 Å². The number of para-hydroxylation sites is 1. The molecule has 0 radical (unpaired) electrons. The van der Waals surface area contributed by atoms with Crippen LogP contribution in [0.15, 0.2) is 55.6 Å². The molecule has 0 aliphatic rings. The van der Waals surface area contributed by atoms with Crippen LogP contribution in [0.3, 0.4) is 0 Å². The van der Waals surface area contributed by atoms with Crippen molar-refractivity contribution < 1.29 is 14.6 Å². The maximum absolute atomic E-state index is 10.2. The standard InChI is InChI=1S/C11H12O3.C2H4/c1-9(7-8-11(12)13)14-10-5-3-2-4-6-10;1-2/h2-9H,1H3,(H,12,13);1-2H2. The topological polar surface area (TPSA) is 46.5 Å². The zero-order valence-corrected chi connectivity index (χ0v) is 9.30. The van der Waals surface area contributed by atoms with Gasteiger partial charge in [0.15, 0.2) is 0 Å². The second-order valence-corrected chi connectivity index (χ2v) is 2.83. The number of carboxylic acids is 1. The fourth-order valence-electron chi connectivity index (χ4n) is 0.971. The van der Waals surface area contributed by atoms with Crippen molar-refractivity contribution in [2.24, 2.45) is 0 Å². The molecule has 1 unspecified atom stereocenters. The second-order valence-electron chi connectivity index (χ2n) is 2.83. The first-order chi connectivity index (χ1) is 7.68. The van der Waals surface area contributed by atoms with Gasteiger partial charge in [-0.3, -0.25) is 0 Å². The maximum Gasteiger partial charge on any atom is 0.328 e. The van der Waals surface area contributed by atoms with Crippen molar-refractivity contribution in [2.75, 3.05) is 0 Å². The molecule has 1 N–H and O–H groups in total. The predicted molar refractivity (Wildman–Crippen MR) is 64.6 cm³/mol. The van der Waals surface area contributed by atoms with Gasteiger partial charge in [-0.25, -0.2) is 4.79 Å². The molecular weight excluding hydrogens is 204 g/mol. The summed E-state index contributed by atoms with van der Waals surface area (Å²) in [7, 11) is 0. The van der Waals surface area contributed by atoms with E-state index in [-0.39, 0.29) is 6.10 Å². The Balaban J connectivity index is 0.00000106. The largest absolute Gasteiger partial charge is 0.487 e. The second kappa shape index (κ2) is 8.29. The summed E-state index contributed by atoms with van der Waals surface area (Å²) < 4.78 is 5.41. The lowest BCUT2D eigenvalue weighted by Gasteiger charge is -2.09. The van der Waals surface area contributed by atoms with Crippen LogP contribution in [0.1, 0.15) is 6.92 Å². The first kappa shape index (κ1) is 14.0. The predicted octanol–water partition coefficient (Wildman–Crippen LogP) is 2.90. The highest BCUT2D eigenvalue weighted by Gasteiger charge is 1.98. The van der Waals surface area contributed by atoms with Crippen LogP contribution >= 0.6 is 0 Å². The molecule has 0 spiro atoms. The summed E-state index contributed by atoms with van der Waals surface area (Å²) in [6.45, 7) is 7.78. The highest BCUT2D eigenvalue weighted by atomic mass is 16.5. The minimum atomic E-state index is -0.964. The molecule has 0 heterocycles. The molecule has 0 saturated carbocycles. The van der Waals surface area contributed by atoms with Crippen LogP contribution in [0, 0.1) is 0 Å². The van der Waals surface area contributed by atoms with Gasteiger partial charge in [-0.1, -0.05) is 18.2 Å². The zero-order valence-electron chi connectivity index (χ0n) is 9.30. The van der Waals surface area contributed by atoms with Crippen molar-refractivity contribution in [3.05, 3.63) is 55.6 Å². The summed E-state index contributed by atoms with van der Waals surface area (Å²) >= 11 is 0. The molecule has 3 heteroatoms. The molecule has 16 heavy (non-hydrogen) atoms. The van der Waals surface area contributed by atoms with E-state index in [0.717, 1.165) is 11.8 Å². The highest BCUT2D eigenvalue weighted by Crippen LogP contribution is 2.10. The Labute approximate surface area is 95.7 Å². The van der Waals surface area contributed by atoms with Gasteiger partial charge in [-0.2, -0.15) is 0 Å². The Hall–Kier alpha value is -2.03. The monoisotopic (exact) mass is 220 g/mol. The van der Waals surface area contributed by atoms with Crippen LogP contribution in [0.25, 0.3) is 0 Å². The van der Waals surface area contributed by atoms with Crippen LogP contribution in [0.2, 0.25) is 0 Å². The van der Waals surface area contributed by atoms with Crippen molar-refractivity contribution in [3.8, 4) is 5.75 Å². The van der Waals surface area contributed by atoms with Gasteiger partial charge in [-0.15, -0.1) is 13.2 Å². The van der Waals surface area contributed by atoms with Crippen LogP contribution in [-0.2, 0) is 4.79 Å². The summed E-state index contributed by atoms with van der Waals surface area (Å²) in [5, 5.41) is 8.39. The van der Waals surface area contributed by atoms with E-state index in [1.807, 2.05) is 30.3 Å². The number of carbonyl (C=O) groups is 1. The molecule has 1 atom stereocenters. The van der Waals surface area contributed by atoms with E-state index < -0.39 is 5.97 Å². The lowest BCUT2D eigenvalue weighted by molar-refractivity contribution is -0.131. The van der Waals surface area contributed by atoms with Gasteiger partial charge in [0.1, 0.15) is 11.9 Å². The van der Waals surface area contributed by atoms with Crippen LogP contribution in [0.4, 0.5) is 0 Å². The molecule has 0 bridgehead atoms. The van der Waals surface area contributed by atoms with E-state index in [0.29, 0.717) is 0 Å². The first-order valence-electron chi connectivity index (χ1n) is 4.81.